The van der Waals surface area contributed by atoms with Gasteiger partial charge >= 0.3 is 0 Å². The van der Waals surface area contributed by atoms with Crippen LogP contribution in [0.15, 0.2) is 54.9 Å². The number of ether oxygens (including phenoxy) is 1. The number of rotatable bonds is 1. The summed E-state index contributed by atoms with van der Waals surface area (Å²) in [6.07, 6.45) is 15.1. The van der Waals surface area contributed by atoms with E-state index < -0.39 is 0 Å². The van der Waals surface area contributed by atoms with Crippen LogP contribution >= 0.6 is 0 Å². The van der Waals surface area contributed by atoms with Gasteiger partial charge in [0.05, 0.1) is 5.69 Å². The highest BCUT2D eigenvalue weighted by Gasteiger charge is 2.29. The van der Waals surface area contributed by atoms with Crippen LogP contribution in [0.4, 0.5) is 5.69 Å². The van der Waals surface area contributed by atoms with Crippen molar-refractivity contribution in [1.82, 2.24) is 4.90 Å². The van der Waals surface area contributed by atoms with Crippen LogP contribution in [0.5, 0.6) is 5.75 Å². The maximum absolute atomic E-state index is 6.29. The smallest absolute Gasteiger partial charge is 0.152 e. The standard InChI is InChI=1S/C19H20N2O/c1-13-8-9-17-15-6-4-5-7-16(12-15)22-19(17)18(13)21-11-10-20(3)14(21)2/h4-12,14,16H,1-3H3. The van der Waals surface area contributed by atoms with Crippen molar-refractivity contribution >= 4 is 11.3 Å². The van der Waals surface area contributed by atoms with Crippen LogP contribution < -0.4 is 9.64 Å². The molecule has 1 aliphatic carbocycles. The zero-order chi connectivity index (χ0) is 15.3. The van der Waals surface area contributed by atoms with E-state index in [9.17, 15) is 0 Å². The third-order valence-electron chi connectivity index (χ3n) is 4.64. The lowest BCUT2D eigenvalue weighted by molar-refractivity contribution is 0.290. The van der Waals surface area contributed by atoms with Gasteiger partial charge < -0.3 is 14.5 Å². The number of nitrogens with zero attached hydrogens (tertiary/aromatic N) is 2. The van der Waals surface area contributed by atoms with Crippen LogP contribution in [0, 0.1) is 6.92 Å². The van der Waals surface area contributed by atoms with Gasteiger partial charge in [-0.05, 0) is 37.1 Å². The van der Waals surface area contributed by atoms with Gasteiger partial charge in [0.2, 0.25) is 0 Å². The zero-order valence-corrected chi connectivity index (χ0v) is 13.2. The highest BCUT2D eigenvalue weighted by atomic mass is 16.5. The molecule has 4 rings (SSSR count). The molecule has 2 atom stereocenters. The highest BCUT2D eigenvalue weighted by Crippen LogP contribution is 2.44. The third-order valence-corrected chi connectivity index (χ3v) is 4.64. The summed E-state index contributed by atoms with van der Waals surface area (Å²) in [6.45, 7) is 4.35. The number of aryl methyl sites for hydroxylation is 1. The lowest BCUT2D eigenvalue weighted by Gasteiger charge is -2.33. The van der Waals surface area contributed by atoms with Crippen molar-refractivity contribution in [1.29, 1.82) is 0 Å². The van der Waals surface area contributed by atoms with E-state index in [1.165, 1.54) is 22.4 Å². The van der Waals surface area contributed by atoms with E-state index in [0.29, 0.717) is 0 Å². The number of benzene rings is 1. The van der Waals surface area contributed by atoms with Crippen LogP contribution in [0.1, 0.15) is 18.1 Å². The Hall–Kier alpha value is -2.42. The van der Waals surface area contributed by atoms with E-state index >= 15 is 0 Å². The van der Waals surface area contributed by atoms with Crippen LogP contribution in [-0.2, 0) is 0 Å². The first kappa shape index (κ1) is 13.3. The Morgan fingerprint density at radius 2 is 2.00 bits per heavy atom. The molecule has 1 aromatic carbocycles. The average Bonchev–Trinajstić information content (AvgIpc) is 2.72. The minimum atomic E-state index is 0.0117. The van der Waals surface area contributed by atoms with Gasteiger partial charge in [-0.1, -0.05) is 30.4 Å². The summed E-state index contributed by atoms with van der Waals surface area (Å²) in [7, 11) is 2.10. The van der Waals surface area contributed by atoms with Gasteiger partial charge in [0.1, 0.15) is 12.3 Å². The lowest BCUT2D eigenvalue weighted by Crippen LogP contribution is -2.34. The predicted octanol–water partition coefficient (Wildman–Crippen LogP) is 3.83. The Balaban J connectivity index is 1.88. The van der Waals surface area contributed by atoms with Gasteiger partial charge in [-0.25, -0.2) is 0 Å². The molecule has 22 heavy (non-hydrogen) atoms. The first-order valence-electron chi connectivity index (χ1n) is 7.71. The van der Waals surface area contributed by atoms with E-state index in [4.69, 9.17) is 4.74 Å². The normalized spacial score (nSPS) is 25.0. The van der Waals surface area contributed by atoms with E-state index in [2.05, 4.69) is 85.6 Å². The lowest BCUT2D eigenvalue weighted by atomic mass is 9.97. The molecule has 3 aliphatic rings. The Bertz CT molecular complexity index is 742. The molecule has 3 nitrogen and oxygen atoms in total. The second kappa shape index (κ2) is 4.80. The fourth-order valence-electron chi connectivity index (χ4n) is 3.23. The maximum Gasteiger partial charge on any atom is 0.152 e. The average molecular weight is 292 g/mol. The Labute approximate surface area is 131 Å². The molecule has 0 amide bonds. The fraction of sp³-hybridized carbons (Fsp3) is 0.263. The van der Waals surface area contributed by atoms with E-state index in [1.807, 2.05) is 0 Å². The number of anilines is 1. The minimum absolute atomic E-state index is 0.0117. The monoisotopic (exact) mass is 292 g/mol. The van der Waals surface area contributed by atoms with E-state index in [0.717, 1.165) is 5.75 Å². The van der Waals surface area contributed by atoms with Gasteiger partial charge in [0.25, 0.3) is 0 Å². The molecule has 2 bridgehead atoms. The third kappa shape index (κ3) is 1.89. The molecule has 0 N–H and O–H groups in total. The molecule has 0 fully saturated rings. The van der Waals surface area contributed by atoms with Crippen LogP contribution in [-0.4, -0.2) is 24.2 Å². The first-order valence-corrected chi connectivity index (χ1v) is 7.71. The Morgan fingerprint density at radius 1 is 1.14 bits per heavy atom. The quantitative estimate of drug-likeness (QED) is 0.782. The first-order chi connectivity index (χ1) is 10.6. The SMILES string of the molecule is Cc1ccc2c(c1N1C=CN(C)C1C)OC1C=CC=CC2=C1. The molecule has 3 heteroatoms. The van der Waals surface area contributed by atoms with Gasteiger partial charge in [0, 0.05) is 25.0 Å². The van der Waals surface area contributed by atoms with Crippen LogP contribution in [0.25, 0.3) is 5.57 Å². The summed E-state index contributed by atoms with van der Waals surface area (Å²) in [5.74, 6) is 0.991. The van der Waals surface area contributed by atoms with Crippen molar-refractivity contribution in [3.8, 4) is 5.75 Å². The van der Waals surface area contributed by atoms with Crippen molar-refractivity contribution in [2.24, 2.45) is 0 Å². The molecule has 2 heterocycles. The molecule has 0 spiro atoms. The summed E-state index contributed by atoms with van der Waals surface area (Å²) in [5.41, 5.74) is 4.82. The van der Waals surface area contributed by atoms with Crippen LogP contribution in [0.3, 0.4) is 0 Å². The number of hydrogen-bond acceptors (Lipinski definition) is 3. The zero-order valence-electron chi connectivity index (χ0n) is 13.2. The van der Waals surface area contributed by atoms with Gasteiger partial charge in [0.15, 0.2) is 5.75 Å². The van der Waals surface area contributed by atoms with Gasteiger partial charge in [-0.2, -0.15) is 0 Å². The molecule has 1 aromatic rings. The van der Waals surface area contributed by atoms with E-state index in [-0.39, 0.29) is 12.3 Å². The van der Waals surface area contributed by atoms with Crippen molar-refractivity contribution in [3.05, 3.63) is 66.0 Å². The molecule has 0 radical (unpaired) electrons. The molecule has 112 valence electrons. The second-order valence-electron chi connectivity index (χ2n) is 6.06. The van der Waals surface area contributed by atoms with Crippen molar-refractivity contribution in [2.45, 2.75) is 26.1 Å². The molecular weight excluding hydrogens is 272 g/mol. The Morgan fingerprint density at radius 3 is 2.77 bits per heavy atom. The molecule has 2 aliphatic heterocycles. The summed E-state index contributed by atoms with van der Waals surface area (Å²) in [6, 6.07) is 4.35. The molecule has 2 unspecified atom stereocenters. The molecular formula is C19H20N2O. The molecule has 0 saturated heterocycles. The summed E-state index contributed by atoms with van der Waals surface area (Å²) in [5, 5.41) is 0. The Kier molecular flexibility index (Phi) is 2.89. The number of hydrogen-bond donors (Lipinski definition) is 0. The fourth-order valence-corrected chi connectivity index (χ4v) is 3.23. The van der Waals surface area contributed by atoms with Crippen molar-refractivity contribution in [2.75, 3.05) is 11.9 Å². The molecule has 0 saturated carbocycles. The largest absolute Gasteiger partial charge is 0.479 e. The number of allylic oxidation sites excluding steroid dienone is 4. The maximum atomic E-state index is 6.29. The van der Waals surface area contributed by atoms with Crippen molar-refractivity contribution < 1.29 is 4.74 Å². The van der Waals surface area contributed by atoms with Crippen LogP contribution in [0.2, 0.25) is 0 Å². The topological polar surface area (TPSA) is 15.7 Å². The second-order valence-corrected chi connectivity index (χ2v) is 6.06. The number of fused-ring (bicyclic) bond motifs is 3. The summed E-state index contributed by atoms with van der Waals surface area (Å²) in [4.78, 5) is 4.49. The van der Waals surface area contributed by atoms with Gasteiger partial charge in [-0.3, -0.25) is 0 Å². The van der Waals surface area contributed by atoms with E-state index in [1.54, 1.807) is 0 Å². The summed E-state index contributed by atoms with van der Waals surface area (Å²) >= 11 is 0. The highest BCUT2D eigenvalue weighted by molar-refractivity contribution is 5.86. The van der Waals surface area contributed by atoms with Gasteiger partial charge in [-0.15, -0.1) is 0 Å². The van der Waals surface area contributed by atoms with Crippen molar-refractivity contribution in [3.63, 3.8) is 0 Å². The molecule has 0 aromatic heterocycles. The minimum Gasteiger partial charge on any atom is -0.479 e. The predicted molar refractivity (Wildman–Crippen MR) is 90.7 cm³/mol. The summed E-state index contributed by atoms with van der Waals surface area (Å²) < 4.78 is 6.29.